The fraction of sp³-hybridized carbons (Fsp3) is 0.353. The average molecular weight is 337 g/mol. The highest BCUT2D eigenvalue weighted by molar-refractivity contribution is 5.94. The third kappa shape index (κ3) is 2.69. The minimum Gasteiger partial charge on any atom is -0.332 e. The molecular formula is C17H19N7O. The summed E-state index contributed by atoms with van der Waals surface area (Å²) in [5.74, 6) is 2.97. The van der Waals surface area contributed by atoms with Gasteiger partial charge in [0.15, 0.2) is 17.3 Å². The first-order chi connectivity index (χ1) is 12.0. The number of anilines is 1. The molecule has 0 N–H and O–H groups in total. The summed E-state index contributed by atoms with van der Waals surface area (Å²) in [6.07, 6.45) is 8.84. The molecule has 1 saturated heterocycles. The fourth-order valence-electron chi connectivity index (χ4n) is 2.97. The van der Waals surface area contributed by atoms with Gasteiger partial charge in [-0.15, -0.1) is 5.10 Å². The molecule has 4 heterocycles. The van der Waals surface area contributed by atoms with Crippen LogP contribution in [0.15, 0.2) is 12.4 Å². The highest BCUT2D eigenvalue weighted by Crippen LogP contribution is 2.21. The van der Waals surface area contributed by atoms with E-state index in [1.165, 1.54) is 0 Å². The van der Waals surface area contributed by atoms with Crippen LogP contribution in [0.2, 0.25) is 0 Å². The van der Waals surface area contributed by atoms with Crippen molar-refractivity contribution in [1.82, 2.24) is 29.1 Å². The molecule has 3 aromatic heterocycles. The van der Waals surface area contributed by atoms with Crippen molar-refractivity contribution < 1.29 is 4.79 Å². The van der Waals surface area contributed by atoms with Gasteiger partial charge in [-0.25, -0.2) is 15.0 Å². The third-order valence-electron chi connectivity index (χ3n) is 4.36. The Balaban J connectivity index is 1.64. The van der Waals surface area contributed by atoms with E-state index in [-0.39, 0.29) is 5.91 Å². The van der Waals surface area contributed by atoms with Crippen molar-refractivity contribution in [3.05, 3.63) is 35.4 Å². The molecule has 8 heteroatoms. The van der Waals surface area contributed by atoms with Gasteiger partial charge in [0.25, 0.3) is 0 Å². The minimum atomic E-state index is 0.133. The fourth-order valence-corrected chi connectivity index (χ4v) is 2.97. The average Bonchev–Trinajstić information content (AvgIpc) is 3.28. The number of amides is 1. The second kappa shape index (κ2) is 5.80. The summed E-state index contributed by atoms with van der Waals surface area (Å²) in [7, 11) is 1.91. The molecule has 0 aromatic carbocycles. The number of hydrogen-bond acceptors (Lipinski definition) is 5. The van der Waals surface area contributed by atoms with Crippen LogP contribution in [0.1, 0.15) is 35.9 Å². The van der Waals surface area contributed by atoms with E-state index in [1.54, 1.807) is 15.6 Å². The van der Waals surface area contributed by atoms with Crippen LogP contribution in [-0.4, -0.2) is 41.6 Å². The number of rotatable bonds is 3. The van der Waals surface area contributed by atoms with E-state index in [0.717, 1.165) is 35.8 Å². The largest absolute Gasteiger partial charge is 0.332 e. The zero-order valence-corrected chi connectivity index (χ0v) is 14.5. The number of aromatic nitrogens is 6. The van der Waals surface area contributed by atoms with Crippen molar-refractivity contribution in [2.24, 2.45) is 7.05 Å². The van der Waals surface area contributed by atoms with Gasteiger partial charge in [0.2, 0.25) is 5.91 Å². The predicted octanol–water partition coefficient (Wildman–Crippen LogP) is 1.77. The maximum absolute atomic E-state index is 11.9. The molecule has 1 aliphatic rings. The zero-order chi connectivity index (χ0) is 17.6. The zero-order valence-electron chi connectivity index (χ0n) is 14.5. The summed E-state index contributed by atoms with van der Waals surface area (Å²) in [5, 5.41) is 4.47. The van der Waals surface area contributed by atoms with Crippen molar-refractivity contribution in [2.45, 2.75) is 26.7 Å². The molecule has 3 aromatic rings. The number of fused-ring (bicyclic) bond motifs is 1. The number of carbonyl (C=O) groups is 1. The normalized spacial score (nSPS) is 15.2. The van der Waals surface area contributed by atoms with Gasteiger partial charge in [-0.3, -0.25) is 9.69 Å². The van der Waals surface area contributed by atoms with Crippen LogP contribution < -0.4 is 4.90 Å². The van der Waals surface area contributed by atoms with Crippen molar-refractivity contribution in [3.8, 4) is 0 Å². The predicted molar refractivity (Wildman–Crippen MR) is 94.0 cm³/mol. The Hall–Kier alpha value is -3.03. The quantitative estimate of drug-likeness (QED) is 0.727. The molecule has 25 heavy (non-hydrogen) atoms. The van der Waals surface area contributed by atoms with E-state index in [4.69, 9.17) is 0 Å². The molecule has 0 unspecified atom stereocenters. The Kier molecular flexibility index (Phi) is 3.60. The van der Waals surface area contributed by atoms with Crippen LogP contribution in [0.5, 0.6) is 0 Å². The van der Waals surface area contributed by atoms with Crippen LogP contribution in [0.3, 0.4) is 0 Å². The molecule has 1 aliphatic heterocycles. The van der Waals surface area contributed by atoms with E-state index in [0.29, 0.717) is 18.1 Å². The highest BCUT2D eigenvalue weighted by Gasteiger charge is 2.24. The van der Waals surface area contributed by atoms with Crippen molar-refractivity contribution in [3.63, 3.8) is 0 Å². The smallest absolute Gasteiger partial charge is 0.228 e. The first-order valence-electron chi connectivity index (χ1n) is 8.24. The highest BCUT2D eigenvalue weighted by atomic mass is 16.2. The Bertz CT molecular complexity index is 959. The summed E-state index contributed by atoms with van der Waals surface area (Å²) in [6, 6.07) is 0. The molecule has 0 spiro atoms. The Morgan fingerprint density at radius 1 is 1.20 bits per heavy atom. The number of hydrogen-bond donors (Lipinski definition) is 0. The summed E-state index contributed by atoms with van der Waals surface area (Å²) in [5.41, 5.74) is 1.78. The lowest BCUT2D eigenvalue weighted by atomic mass is 10.3. The van der Waals surface area contributed by atoms with Crippen molar-refractivity contribution in [1.29, 1.82) is 0 Å². The van der Waals surface area contributed by atoms with Gasteiger partial charge in [-0.1, -0.05) is 0 Å². The molecule has 0 atom stereocenters. The Morgan fingerprint density at radius 2 is 2.04 bits per heavy atom. The molecule has 1 fully saturated rings. The standard InChI is InChI=1S/C17H19N7O/c1-11-9-18-12(2)24-17(11)19-13(21-24)6-7-14-20-15(10-22(14)3)23-8-4-5-16(23)25/h6-7,9-10H,4-5,8H2,1-3H3/b7-6+. The summed E-state index contributed by atoms with van der Waals surface area (Å²) in [4.78, 5) is 27.0. The molecule has 0 saturated carbocycles. The van der Waals surface area contributed by atoms with Crippen LogP contribution in [-0.2, 0) is 11.8 Å². The van der Waals surface area contributed by atoms with Gasteiger partial charge < -0.3 is 4.57 Å². The molecule has 4 rings (SSSR count). The van der Waals surface area contributed by atoms with E-state index in [2.05, 4.69) is 20.1 Å². The van der Waals surface area contributed by atoms with E-state index < -0.39 is 0 Å². The molecule has 0 radical (unpaired) electrons. The second-order valence-corrected chi connectivity index (χ2v) is 6.24. The second-order valence-electron chi connectivity index (χ2n) is 6.24. The van der Waals surface area contributed by atoms with Gasteiger partial charge in [-0.2, -0.15) is 4.52 Å². The van der Waals surface area contributed by atoms with Crippen LogP contribution >= 0.6 is 0 Å². The molecule has 1 amide bonds. The molecular weight excluding hydrogens is 318 g/mol. The van der Waals surface area contributed by atoms with Gasteiger partial charge in [0, 0.05) is 38.0 Å². The number of imidazole rings is 1. The lowest BCUT2D eigenvalue weighted by Crippen LogP contribution is -2.23. The SMILES string of the molecule is Cc1cnc(C)n2nc(/C=C/c3nc(N4CCCC4=O)cn3C)nc12. The van der Waals surface area contributed by atoms with Crippen LogP contribution in [0, 0.1) is 13.8 Å². The third-order valence-corrected chi connectivity index (χ3v) is 4.36. The number of carbonyl (C=O) groups excluding carboxylic acids is 1. The lowest BCUT2D eigenvalue weighted by Gasteiger charge is -2.10. The van der Waals surface area contributed by atoms with E-state index >= 15 is 0 Å². The molecule has 0 aliphatic carbocycles. The Morgan fingerprint density at radius 3 is 2.76 bits per heavy atom. The minimum absolute atomic E-state index is 0.133. The van der Waals surface area contributed by atoms with Gasteiger partial charge in [0.05, 0.1) is 0 Å². The van der Waals surface area contributed by atoms with E-state index in [9.17, 15) is 4.79 Å². The number of aryl methyl sites for hydroxylation is 3. The first-order valence-corrected chi connectivity index (χ1v) is 8.24. The van der Waals surface area contributed by atoms with Gasteiger partial charge >= 0.3 is 0 Å². The maximum atomic E-state index is 11.9. The molecule has 0 bridgehead atoms. The summed E-state index contributed by atoms with van der Waals surface area (Å²) in [6.45, 7) is 4.59. The van der Waals surface area contributed by atoms with Gasteiger partial charge in [0.1, 0.15) is 11.6 Å². The van der Waals surface area contributed by atoms with E-state index in [1.807, 2.05) is 43.8 Å². The number of nitrogens with zero attached hydrogens (tertiary/aromatic N) is 7. The monoisotopic (exact) mass is 337 g/mol. The van der Waals surface area contributed by atoms with Crippen molar-refractivity contribution in [2.75, 3.05) is 11.4 Å². The molecule has 8 nitrogen and oxygen atoms in total. The maximum Gasteiger partial charge on any atom is 0.228 e. The summed E-state index contributed by atoms with van der Waals surface area (Å²) >= 11 is 0. The van der Waals surface area contributed by atoms with Crippen molar-refractivity contribution >= 4 is 29.5 Å². The van der Waals surface area contributed by atoms with Crippen LogP contribution in [0.4, 0.5) is 5.82 Å². The first kappa shape index (κ1) is 15.5. The topological polar surface area (TPSA) is 81.2 Å². The molecule has 128 valence electrons. The van der Waals surface area contributed by atoms with Gasteiger partial charge in [-0.05, 0) is 32.4 Å². The summed E-state index contributed by atoms with van der Waals surface area (Å²) < 4.78 is 3.63. The Labute approximate surface area is 144 Å². The lowest BCUT2D eigenvalue weighted by molar-refractivity contribution is -0.117. The van der Waals surface area contributed by atoms with Crippen LogP contribution in [0.25, 0.3) is 17.8 Å².